The van der Waals surface area contributed by atoms with Crippen molar-refractivity contribution in [2.24, 2.45) is 5.92 Å². The van der Waals surface area contributed by atoms with Crippen molar-refractivity contribution in [3.8, 4) is 0 Å². The van der Waals surface area contributed by atoms with Gasteiger partial charge in [0.05, 0.1) is 6.61 Å². The maximum atomic E-state index is 5.64. The van der Waals surface area contributed by atoms with Crippen LogP contribution in [0.25, 0.3) is 0 Å². The highest BCUT2D eigenvalue weighted by Crippen LogP contribution is 2.27. The van der Waals surface area contributed by atoms with Gasteiger partial charge in [0.2, 0.25) is 0 Å². The molecule has 0 amide bonds. The first kappa shape index (κ1) is 9.49. The van der Waals surface area contributed by atoms with Gasteiger partial charge >= 0.3 is 0 Å². The first-order valence-corrected chi connectivity index (χ1v) is 4.17. The Bertz CT molecular complexity index is 188. The molecule has 0 aliphatic carbocycles. The second-order valence-corrected chi connectivity index (χ2v) is 3.41. The third-order valence-corrected chi connectivity index (χ3v) is 2.15. The van der Waals surface area contributed by atoms with Crippen LogP contribution in [0.2, 0.25) is 0 Å². The second-order valence-electron chi connectivity index (χ2n) is 3.41. The Labute approximate surface area is 73.9 Å². The molecule has 1 aliphatic heterocycles. The maximum absolute atomic E-state index is 5.64. The quantitative estimate of drug-likeness (QED) is 0.601. The summed E-state index contributed by atoms with van der Waals surface area (Å²) >= 11 is 0. The van der Waals surface area contributed by atoms with Gasteiger partial charge in [-0.15, -0.1) is 13.2 Å². The van der Waals surface area contributed by atoms with Crippen molar-refractivity contribution < 1.29 is 9.47 Å². The summed E-state index contributed by atoms with van der Waals surface area (Å²) in [6.07, 6.45) is 3.45. The van der Waals surface area contributed by atoms with Crippen molar-refractivity contribution in [1.82, 2.24) is 0 Å². The maximum Gasteiger partial charge on any atom is 0.164 e. The minimum absolute atomic E-state index is 0.162. The van der Waals surface area contributed by atoms with Crippen LogP contribution in [0.4, 0.5) is 0 Å². The fraction of sp³-hybridized carbons (Fsp3) is 0.600. The Hall–Kier alpha value is -0.600. The van der Waals surface area contributed by atoms with Gasteiger partial charge in [-0.25, -0.2) is 0 Å². The van der Waals surface area contributed by atoms with Gasteiger partial charge in [0.25, 0.3) is 0 Å². The summed E-state index contributed by atoms with van der Waals surface area (Å²) in [6, 6.07) is 0. The number of hydrogen-bond donors (Lipinski definition) is 0. The molecular formula is C10H16O2. The molecule has 3 atom stereocenters. The first-order valence-electron chi connectivity index (χ1n) is 4.17. The zero-order valence-electron chi connectivity index (χ0n) is 7.75. The molecule has 1 heterocycles. The van der Waals surface area contributed by atoms with E-state index in [1.807, 2.05) is 19.9 Å². The van der Waals surface area contributed by atoms with Crippen molar-refractivity contribution in [2.75, 3.05) is 6.61 Å². The monoisotopic (exact) mass is 168 g/mol. The minimum Gasteiger partial charge on any atom is -0.349 e. The van der Waals surface area contributed by atoms with E-state index in [1.54, 1.807) is 6.08 Å². The molecule has 0 N–H and O–H groups in total. The first-order chi connectivity index (χ1) is 5.61. The largest absolute Gasteiger partial charge is 0.349 e. The summed E-state index contributed by atoms with van der Waals surface area (Å²) in [4.78, 5) is 0. The summed E-state index contributed by atoms with van der Waals surface area (Å²) in [7, 11) is 0. The lowest BCUT2D eigenvalue weighted by Crippen LogP contribution is -2.26. The Balaban J connectivity index is 2.55. The molecule has 1 rings (SSSR count). The van der Waals surface area contributed by atoms with Gasteiger partial charge in [-0.05, 0) is 6.92 Å². The average Bonchev–Trinajstić information content (AvgIpc) is 2.48. The van der Waals surface area contributed by atoms with Crippen LogP contribution in [-0.4, -0.2) is 18.5 Å². The Morgan fingerprint density at radius 3 is 2.67 bits per heavy atom. The predicted octanol–water partition coefficient (Wildman–Crippen LogP) is 2.13. The summed E-state index contributed by atoms with van der Waals surface area (Å²) in [6.45, 7) is 12.0. The highest BCUT2D eigenvalue weighted by molar-refractivity contribution is 4.98. The zero-order chi connectivity index (χ0) is 9.19. The van der Waals surface area contributed by atoms with Crippen LogP contribution in [0.3, 0.4) is 0 Å². The average molecular weight is 168 g/mol. The van der Waals surface area contributed by atoms with E-state index in [2.05, 4.69) is 13.2 Å². The molecule has 0 aromatic carbocycles. The van der Waals surface area contributed by atoms with Crippen LogP contribution < -0.4 is 0 Å². The lowest BCUT2D eigenvalue weighted by molar-refractivity contribution is -0.0916. The van der Waals surface area contributed by atoms with E-state index in [9.17, 15) is 0 Å². The lowest BCUT2D eigenvalue weighted by Gasteiger charge is -2.19. The molecule has 12 heavy (non-hydrogen) atoms. The smallest absolute Gasteiger partial charge is 0.164 e. The third kappa shape index (κ3) is 1.76. The summed E-state index contributed by atoms with van der Waals surface area (Å²) < 4.78 is 11.1. The van der Waals surface area contributed by atoms with E-state index in [0.29, 0.717) is 6.61 Å². The van der Waals surface area contributed by atoms with Gasteiger partial charge in [0, 0.05) is 5.92 Å². The van der Waals surface area contributed by atoms with E-state index in [-0.39, 0.29) is 17.8 Å². The number of hydrogen-bond acceptors (Lipinski definition) is 2. The van der Waals surface area contributed by atoms with Crippen LogP contribution in [-0.2, 0) is 9.47 Å². The van der Waals surface area contributed by atoms with Crippen LogP contribution in [0, 0.1) is 5.92 Å². The molecule has 1 aliphatic rings. The van der Waals surface area contributed by atoms with Gasteiger partial charge in [0.1, 0.15) is 5.60 Å². The van der Waals surface area contributed by atoms with Crippen LogP contribution in [0.15, 0.2) is 25.3 Å². The minimum atomic E-state index is -0.318. The molecule has 0 radical (unpaired) electrons. The molecule has 0 aromatic rings. The van der Waals surface area contributed by atoms with E-state index in [1.165, 1.54) is 0 Å². The second kappa shape index (κ2) is 3.42. The topological polar surface area (TPSA) is 18.5 Å². The Kier molecular flexibility index (Phi) is 2.70. The van der Waals surface area contributed by atoms with Gasteiger partial charge in [-0.3, -0.25) is 0 Å². The van der Waals surface area contributed by atoms with Crippen molar-refractivity contribution in [2.45, 2.75) is 25.7 Å². The summed E-state index contributed by atoms with van der Waals surface area (Å²) in [5.74, 6) is 0.228. The highest BCUT2D eigenvalue weighted by Gasteiger charge is 2.36. The molecule has 0 spiro atoms. The van der Waals surface area contributed by atoms with E-state index in [4.69, 9.17) is 9.47 Å². The van der Waals surface area contributed by atoms with Crippen LogP contribution >= 0.6 is 0 Å². The van der Waals surface area contributed by atoms with Crippen molar-refractivity contribution in [3.63, 3.8) is 0 Å². The van der Waals surface area contributed by atoms with Gasteiger partial charge in [0.15, 0.2) is 6.29 Å². The normalized spacial score (nSPS) is 37.7. The predicted molar refractivity (Wildman–Crippen MR) is 48.8 cm³/mol. The Morgan fingerprint density at radius 2 is 2.25 bits per heavy atom. The number of rotatable bonds is 3. The fourth-order valence-corrected chi connectivity index (χ4v) is 1.06. The molecule has 68 valence electrons. The van der Waals surface area contributed by atoms with Crippen molar-refractivity contribution in [3.05, 3.63) is 25.3 Å². The van der Waals surface area contributed by atoms with Gasteiger partial charge in [-0.1, -0.05) is 19.1 Å². The standard InChI is InChI=1S/C10H16O2/c1-5-8(3)9-11-7-10(4,6-2)12-9/h5-6,8-9H,1-2,7H2,3-4H3/t8-,9-,10-/m1/s1. The lowest BCUT2D eigenvalue weighted by atomic mass is 10.1. The van der Waals surface area contributed by atoms with Crippen molar-refractivity contribution >= 4 is 0 Å². The molecule has 2 heteroatoms. The highest BCUT2D eigenvalue weighted by atomic mass is 16.7. The van der Waals surface area contributed by atoms with Crippen LogP contribution in [0.5, 0.6) is 0 Å². The molecule has 2 nitrogen and oxygen atoms in total. The van der Waals surface area contributed by atoms with Gasteiger partial charge in [-0.2, -0.15) is 0 Å². The van der Waals surface area contributed by atoms with E-state index >= 15 is 0 Å². The van der Waals surface area contributed by atoms with E-state index in [0.717, 1.165) is 0 Å². The summed E-state index contributed by atoms with van der Waals surface area (Å²) in [5, 5.41) is 0. The fourth-order valence-electron chi connectivity index (χ4n) is 1.06. The molecule has 0 saturated carbocycles. The zero-order valence-corrected chi connectivity index (χ0v) is 7.75. The third-order valence-electron chi connectivity index (χ3n) is 2.15. The molecular weight excluding hydrogens is 152 g/mol. The van der Waals surface area contributed by atoms with Crippen LogP contribution in [0.1, 0.15) is 13.8 Å². The summed E-state index contributed by atoms with van der Waals surface area (Å²) in [5.41, 5.74) is -0.318. The van der Waals surface area contributed by atoms with E-state index < -0.39 is 0 Å². The molecule has 0 bridgehead atoms. The molecule has 0 unspecified atom stereocenters. The van der Waals surface area contributed by atoms with Crippen molar-refractivity contribution in [1.29, 1.82) is 0 Å². The SMILES string of the molecule is C=C[C@@H](C)[C@@H]1OC[C@@](C)(C=C)O1. The number of ether oxygens (including phenoxy) is 2. The molecule has 1 saturated heterocycles. The Morgan fingerprint density at radius 1 is 1.58 bits per heavy atom. The molecule has 0 aromatic heterocycles. The van der Waals surface area contributed by atoms with Gasteiger partial charge < -0.3 is 9.47 Å². The molecule has 1 fully saturated rings.